The van der Waals surface area contributed by atoms with E-state index in [1.807, 2.05) is 13.8 Å². The van der Waals surface area contributed by atoms with Crippen LogP contribution in [0.4, 0.5) is 4.39 Å². The van der Waals surface area contributed by atoms with Gasteiger partial charge in [-0.2, -0.15) is 10.1 Å². The molecule has 2 aromatic heterocycles. The number of hydrazine groups is 1. The number of aromatic nitrogens is 4. The van der Waals surface area contributed by atoms with Crippen LogP contribution in [0, 0.1) is 19.7 Å². The summed E-state index contributed by atoms with van der Waals surface area (Å²) in [6.07, 6.45) is 0.983. The Balaban J connectivity index is 1.51. The SMILES string of the molecule is Cc1nc2ncnn2c(C)c1CCC(=O)NNC(=O)[C@H](C)Oc1ccccc1F. The average molecular weight is 400 g/mol. The lowest BCUT2D eigenvalue weighted by Gasteiger charge is -2.15. The van der Waals surface area contributed by atoms with E-state index in [1.165, 1.54) is 31.5 Å². The summed E-state index contributed by atoms with van der Waals surface area (Å²) in [4.78, 5) is 32.6. The van der Waals surface area contributed by atoms with Gasteiger partial charge in [0.15, 0.2) is 17.7 Å². The van der Waals surface area contributed by atoms with Crippen molar-refractivity contribution in [2.24, 2.45) is 0 Å². The van der Waals surface area contributed by atoms with Crippen molar-refractivity contribution in [1.82, 2.24) is 30.4 Å². The van der Waals surface area contributed by atoms with Gasteiger partial charge in [0.05, 0.1) is 0 Å². The number of fused-ring (bicyclic) bond motifs is 1. The lowest BCUT2D eigenvalue weighted by Crippen LogP contribution is -2.47. The maximum absolute atomic E-state index is 13.6. The number of carbonyl (C=O) groups is 2. The molecule has 2 amide bonds. The lowest BCUT2D eigenvalue weighted by molar-refractivity contribution is -0.132. The second-order valence-corrected chi connectivity index (χ2v) is 6.46. The number of carbonyl (C=O) groups excluding carboxylic acids is 2. The number of para-hydroxylation sites is 1. The maximum Gasteiger partial charge on any atom is 0.279 e. The molecular weight excluding hydrogens is 379 g/mol. The van der Waals surface area contributed by atoms with Gasteiger partial charge in [0.25, 0.3) is 11.7 Å². The number of amides is 2. The minimum Gasteiger partial charge on any atom is -0.478 e. The maximum atomic E-state index is 13.6. The Morgan fingerprint density at radius 1 is 1.24 bits per heavy atom. The minimum atomic E-state index is -0.990. The summed E-state index contributed by atoms with van der Waals surface area (Å²) in [5, 5.41) is 4.11. The highest BCUT2D eigenvalue weighted by Crippen LogP contribution is 2.17. The van der Waals surface area contributed by atoms with E-state index >= 15 is 0 Å². The predicted molar refractivity (Wildman–Crippen MR) is 101 cm³/mol. The Bertz CT molecular complexity index is 1050. The highest BCUT2D eigenvalue weighted by Gasteiger charge is 2.17. The largest absolute Gasteiger partial charge is 0.478 e. The monoisotopic (exact) mass is 400 g/mol. The molecule has 9 nitrogen and oxygen atoms in total. The molecule has 0 aliphatic rings. The molecule has 0 aliphatic carbocycles. The van der Waals surface area contributed by atoms with Crippen molar-refractivity contribution >= 4 is 17.6 Å². The van der Waals surface area contributed by atoms with E-state index in [0.29, 0.717) is 12.2 Å². The quantitative estimate of drug-likeness (QED) is 0.606. The van der Waals surface area contributed by atoms with Crippen LogP contribution in [-0.4, -0.2) is 37.5 Å². The van der Waals surface area contributed by atoms with Gasteiger partial charge in [0.1, 0.15) is 6.33 Å². The highest BCUT2D eigenvalue weighted by molar-refractivity contribution is 5.84. The van der Waals surface area contributed by atoms with Gasteiger partial charge in [-0.05, 0) is 44.9 Å². The van der Waals surface area contributed by atoms with Gasteiger partial charge in [-0.25, -0.2) is 13.9 Å². The summed E-state index contributed by atoms with van der Waals surface area (Å²) in [7, 11) is 0. The van der Waals surface area contributed by atoms with E-state index in [2.05, 4.69) is 25.9 Å². The van der Waals surface area contributed by atoms with Gasteiger partial charge in [-0.3, -0.25) is 20.4 Å². The highest BCUT2D eigenvalue weighted by atomic mass is 19.1. The van der Waals surface area contributed by atoms with Gasteiger partial charge >= 0.3 is 0 Å². The standard InChI is InChI=1S/C19H21FN6O3/c1-11-14(12(2)26-19(23-11)21-10-22-26)8-9-17(27)24-25-18(28)13(3)29-16-7-5-4-6-15(16)20/h4-7,10,13H,8-9H2,1-3H3,(H,24,27)(H,25,28)/t13-/m0/s1. The molecule has 1 atom stereocenters. The van der Waals surface area contributed by atoms with Crippen molar-refractivity contribution in [3.8, 4) is 5.75 Å². The molecular formula is C19H21FN6O3. The van der Waals surface area contributed by atoms with Crippen LogP contribution in [0.15, 0.2) is 30.6 Å². The molecule has 1 aromatic carbocycles. The van der Waals surface area contributed by atoms with Crippen LogP contribution in [0.25, 0.3) is 5.78 Å². The molecule has 0 unspecified atom stereocenters. The third-order valence-electron chi connectivity index (χ3n) is 4.43. The van der Waals surface area contributed by atoms with E-state index in [9.17, 15) is 14.0 Å². The fourth-order valence-corrected chi connectivity index (χ4v) is 2.84. The summed E-state index contributed by atoms with van der Waals surface area (Å²) in [6.45, 7) is 5.19. The molecule has 0 fully saturated rings. The number of benzene rings is 1. The van der Waals surface area contributed by atoms with Gasteiger partial charge in [0, 0.05) is 17.8 Å². The third kappa shape index (κ3) is 4.65. The number of nitrogens with zero attached hydrogens (tertiary/aromatic N) is 4. The molecule has 0 bridgehead atoms. The molecule has 2 N–H and O–H groups in total. The molecule has 0 saturated heterocycles. The number of rotatable bonds is 6. The van der Waals surface area contributed by atoms with Crippen LogP contribution in [-0.2, 0) is 16.0 Å². The zero-order valence-electron chi connectivity index (χ0n) is 16.3. The first-order valence-electron chi connectivity index (χ1n) is 9.02. The predicted octanol–water partition coefficient (Wildman–Crippen LogP) is 1.43. The molecule has 0 spiro atoms. The molecule has 0 saturated carbocycles. The first-order valence-corrected chi connectivity index (χ1v) is 9.02. The zero-order chi connectivity index (χ0) is 21.0. The average Bonchev–Trinajstić information content (AvgIpc) is 3.16. The number of hydrogen-bond donors (Lipinski definition) is 2. The smallest absolute Gasteiger partial charge is 0.279 e. The third-order valence-corrected chi connectivity index (χ3v) is 4.43. The van der Waals surface area contributed by atoms with Gasteiger partial charge < -0.3 is 4.74 Å². The Kier molecular flexibility index (Phi) is 6.01. The minimum absolute atomic E-state index is 0.0385. The molecule has 29 heavy (non-hydrogen) atoms. The van der Waals surface area contributed by atoms with E-state index in [1.54, 1.807) is 10.6 Å². The van der Waals surface area contributed by atoms with Crippen molar-refractivity contribution < 1.29 is 18.7 Å². The lowest BCUT2D eigenvalue weighted by atomic mass is 10.1. The van der Waals surface area contributed by atoms with Crippen molar-refractivity contribution in [2.45, 2.75) is 39.7 Å². The fraction of sp³-hybridized carbons (Fsp3) is 0.316. The van der Waals surface area contributed by atoms with Crippen molar-refractivity contribution in [3.05, 3.63) is 53.4 Å². The van der Waals surface area contributed by atoms with Crippen LogP contribution in [0.5, 0.6) is 5.75 Å². The Labute approximate surface area is 166 Å². The second kappa shape index (κ2) is 8.63. The fourth-order valence-electron chi connectivity index (χ4n) is 2.84. The Morgan fingerprint density at radius 2 is 2.00 bits per heavy atom. The summed E-state index contributed by atoms with van der Waals surface area (Å²) < 4.78 is 20.5. The Hall–Kier alpha value is -3.56. The van der Waals surface area contributed by atoms with E-state index < -0.39 is 17.8 Å². The van der Waals surface area contributed by atoms with Gasteiger partial charge in [-0.1, -0.05) is 12.1 Å². The summed E-state index contributed by atoms with van der Waals surface area (Å²) in [5.74, 6) is -1.08. The molecule has 3 rings (SSSR count). The number of nitrogens with one attached hydrogen (secondary N) is 2. The number of hydrogen-bond acceptors (Lipinski definition) is 6. The number of ether oxygens (including phenoxy) is 1. The molecule has 0 radical (unpaired) electrons. The van der Waals surface area contributed by atoms with Crippen LogP contribution in [0.1, 0.15) is 30.3 Å². The van der Waals surface area contributed by atoms with Gasteiger partial charge in [0.2, 0.25) is 5.91 Å². The molecule has 0 aliphatic heterocycles. The van der Waals surface area contributed by atoms with Crippen LogP contribution in [0.2, 0.25) is 0 Å². The zero-order valence-corrected chi connectivity index (χ0v) is 16.3. The van der Waals surface area contributed by atoms with E-state index in [-0.39, 0.29) is 18.1 Å². The summed E-state index contributed by atoms with van der Waals surface area (Å²) in [6, 6.07) is 5.77. The normalized spacial score (nSPS) is 11.9. The van der Waals surface area contributed by atoms with E-state index in [4.69, 9.17) is 4.74 Å². The van der Waals surface area contributed by atoms with Crippen molar-refractivity contribution in [1.29, 1.82) is 0 Å². The first-order chi connectivity index (χ1) is 13.9. The molecule has 2 heterocycles. The number of aryl methyl sites for hydroxylation is 2. The Morgan fingerprint density at radius 3 is 2.76 bits per heavy atom. The molecule has 3 aromatic rings. The van der Waals surface area contributed by atoms with Crippen LogP contribution >= 0.6 is 0 Å². The van der Waals surface area contributed by atoms with E-state index in [0.717, 1.165) is 17.0 Å². The molecule has 152 valence electrons. The van der Waals surface area contributed by atoms with Crippen LogP contribution < -0.4 is 15.6 Å². The summed E-state index contributed by atoms with van der Waals surface area (Å²) >= 11 is 0. The first kappa shape index (κ1) is 20.2. The van der Waals surface area contributed by atoms with Crippen molar-refractivity contribution in [2.75, 3.05) is 0 Å². The molecule has 10 heteroatoms. The number of halogens is 1. The summed E-state index contributed by atoms with van der Waals surface area (Å²) in [5.41, 5.74) is 7.14. The second-order valence-electron chi connectivity index (χ2n) is 6.46. The van der Waals surface area contributed by atoms with Gasteiger partial charge in [-0.15, -0.1) is 0 Å². The van der Waals surface area contributed by atoms with Crippen LogP contribution in [0.3, 0.4) is 0 Å². The topological polar surface area (TPSA) is 111 Å². The van der Waals surface area contributed by atoms with Crippen molar-refractivity contribution in [3.63, 3.8) is 0 Å².